The van der Waals surface area contributed by atoms with Crippen molar-refractivity contribution < 1.29 is 29.0 Å². The van der Waals surface area contributed by atoms with Crippen LogP contribution >= 0.6 is 0 Å². The molecule has 0 radical (unpaired) electrons. The zero-order valence-electron chi connectivity index (χ0n) is 35.7. The minimum Gasteiger partial charge on any atom is -0.497 e. The molecular formula is C48H52N8O6Si. The molecule has 6 aromatic rings. The van der Waals surface area contributed by atoms with Crippen molar-refractivity contribution in [2.24, 2.45) is 5.92 Å². The number of carbonyl (C=O) groups is 3. The van der Waals surface area contributed by atoms with E-state index in [1.165, 1.54) is 5.19 Å². The number of anilines is 5. The van der Waals surface area contributed by atoms with Gasteiger partial charge < -0.3 is 41.6 Å². The fourth-order valence-corrected chi connectivity index (χ4v) is 13.4. The predicted molar refractivity (Wildman–Crippen MR) is 247 cm³/mol. The molecule has 0 saturated carbocycles. The van der Waals surface area contributed by atoms with Gasteiger partial charge in [-0.2, -0.15) is 0 Å². The molecule has 324 valence electrons. The number of nitrogens with two attached hydrogens (primary N) is 2. The highest BCUT2D eigenvalue weighted by molar-refractivity contribution is 6.91. The molecule has 1 saturated heterocycles. The smallest absolute Gasteiger partial charge is 0.264 e. The Morgan fingerprint density at radius 3 is 2.13 bits per heavy atom. The van der Waals surface area contributed by atoms with E-state index in [-0.39, 0.29) is 48.4 Å². The molecule has 0 unspecified atom stereocenters. The first kappa shape index (κ1) is 42.9. The Labute approximate surface area is 367 Å². The molecule has 8 rings (SSSR count). The van der Waals surface area contributed by atoms with Crippen molar-refractivity contribution in [3.8, 4) is 5.75 Å². The lowest BCUT2D eigenvalue weighted by Crippen LogP contribution is -2.51. The topological polar surface area (TPSA) is 200 Å². The summed E-state index contributed by atoms with van der Waals surface area (Å²) >= 11 is 0. The molecule has 0 bridgehead atoms. The van der Waals surface area contributed by atoms with Crippen LogP contribution in [-0.4, -0.2) is 65.7 Å². The minimum atomic E-state index is -2.49. The van der Waals surface area contributed by atoms with Gasteiger partial charge in [0.1, 0.15) is 5.75 Å². The number of ether oxygens (including phenoxy) is 2. The maximum absolute atomic E-state index is 15.6. The van der Waals surface area contributed by atoms with Gasteiger partial charge in [0.25, 0.3) is 17.7 Å². The Morgan fingerprint density at radius 1 is 0.873 bits per heavy atom. The Bertz CT molecular complexity index is 2640. The van der Waals surface area contributed by atoms with E-state index in [1.54, 1.807) is 77.4 Å². The number of methoxy groups -OCH3 is 1. The standard InChI is InChI=1S/C48H52N8O6Si/c1-30-44(63(3,4)40-19-17-39(61-2)18-20-40)43(22-24-55-29-38(23-25-57)53-54-55)62-48(30)41-27-37(52-46(59)33-10-14-35(50)15-11-33)16-21-42(41)56(47(48)60)28-31-6-5-7-36(26-31)51-45(58)32-8-12-34(49)13-9-32/h5-21,26-27,29-30,43-44,57H,22-25,28,49-50H2,1-4H3,(H,51,58)(H,52,59)/t30-,43+,44-,48+/m1/s1. The monoisotopic (exact) mass is 864 g/mol. The van der Waals surface area contributed by atoms with Crippen LogP contribution in [0.3, 0.4) is 0 Å². The molecule has 0 aliphatic carbocycles. The third-order valence-corrected chi connectivity index (χ3v) is 16.9. The number of aliphatic hydroxyl groups excluding tert-OH is 1. The van der Waals surface area contributed by atoms with Crippen LogP contribution in [0.2, 0.25) is 18.6 Å². The lowest BCUT2D eigenvalue weighted by molar-refractivity contribution is -0.146. The van der Waals surface area contributed by atoms with E-state index in [0.29, 0.717) is 70.2 Å². The van der Waals surface area contributed by atoms with Crippen molar-refractivity contribution in [2.45, 2.75) is 63.2 Å². The number of hydrogen-bond acceptors (Lipinski definition) is 10. The van der Waals surface area contributed by atoms with Crippen LogP contribution in [0, 0.1) is 5.92 Å². The molecule has 1 spiro atoms. The summed E-state index contributed by atoms with van der Waals surface area (Å²) in [5, 5.41) is 25.3. The Kier molecular flexibility index (Phi) is 11.9. The molecule has 2 aliphatic rings. The summed E-state index contributed by atoms with van der Waals surface area (Å²) in [6.07, 6.45) is 2.39. The molecule has 1 fully saturated rings. The van der Waals surface area contributed by atoms with E-state index in [0.717, 1.165) is 11.3 Å². The van der Waals surface area contributed by atoms with Crippen molar-refractivity contribution in [1.29, 1.82) is 0 Å². The summed E-state index contributed by atoms with van der Waals surface area (Å²) in [5.41, 5.74) is 16.2. The number of aliphatic hydroxyl groups is 1. The van der Waals surface area contributed by atoms with E-state index in [9.17, 15) is 14.7 Å². The highest BCUT2D eigenvalue weighted by Crippen LogP contribution is 2.60. The number of rotatable bonds is 14. The summed E-state index contributed by atoms with van der Waals surface area (Å²) in [4.78, 5) is 44.1. The summed E-state index contributed by atoms with van der Waals surface area (Å²) in [5.74, 6) is -0.375. The zero-order chi connectivity index (χ0) is 44.5. The van der Waals surface area contributed by atoms with Crippen LogP contribution in [0.5, 0.6) is 5.75 Å². The van der Waals surface area contributed by atoms with Crippen LogP contribution in [-0.2, 0) is 34.6 Å². The van der Waals surface area contributed by atoms with Crippen molar-refractivity contribution in [2.75, 3.05) is 40.7 Å². The summed E-state index contributed by atoms with van der Waals surface area (Å²) in [6.45, 7) is 7.41. The van der Waals surface area contributed by atoms with Crippen LogP contribution < -0.4 is 36.9 Å². The maximum Gasteiger partial charge on any atom is 0.264 e. The van der Waals surface area contributed by atoms with Gasteiger partial charge in [0, 0.05) is 71.1 Å². The number of aromatic nitrogens is 3. The average molecular weight is 865 g/mol. The lowest BCUT2D eigenvalue weighted by Gasteiger charge is -2.37. The van der Waals surface area contributed by atoms with Crippen molar-refractivity contribution in [3.63, 3.8) is 0 Å². The molecule has 2 aliphatic heterocycles. The number of benzene rings is 5. The molecule has 1 aromatic heterocycles. The SMILES string of the molecule is COc1ccc([Si](C)(C)[C@H]2[C@H](CCn3cc(CCO)nn3)O[C@@]3(C(=O)N(Cc4cccc(NC(=O)c5ccc(N)cc5)c4)c4ccc(NC(=O)c5ccc(N)cc5)cc43)[C@@H]2C)cc1. The van der Waals surface area contributed by atoms with Gasteiger partial charge >= 0.3 is 0 Å². The second kappa shape index (κ2) is 17.5. The van der Waals surface area contributed by atoms with Gasteiger partial charge in [0.15, 0.2) is 5.60 Å². The predicted octanol–water partition coefficient (Wildman–Crippen LogP) is 6.34. The molecule has 7 N–H and O–H groups in total. The molecular weight excluding hydrogens is 813 g/mol. The Balaban J connectivity index is 1.18. The molecule has 4 atom stereocenters. The molecule has 3 heterocycles. The van der Waals surface area contributed by atoms with Gasteiger partial charge in [-0.1, -0.05) is 54.7 Å². The minimum absolute atomic E-state index is 0.0306. The van der Waals surface area contributed by atoms with Crippen LogP contribution in [0.15, 0.2) is 121 Å². The molecule has 5 aromatic carbocycles. The molecule has 63 heavy (non-hydrogen) atoms. The number of aryl methyl sites for hydroxylation is 1. The number of nitrogen functional groups attached to an aromatic ring is 2. The summed E-state index contributed by atoms with van der Waals surface area (Å²) < 4.78 is 14.7. The largest absolute Gasteiger partial charge is 0.497 e. The van der Waals surface area contributed by atoms with Crippen LogP contribution in [0.1, 0.15) is 50.9 Å². The fourth-order valence-electron chi connectivity index (χ4n) is 9.36. The van der Waals surface area contributed by atoms with Gasteiger partial charge in [-0.3, -0.25) is 19.1 Å². The van der Waals surface area contributed by atoms with Crippen molar-refractivity contribution >= 4 is 59.4 Å². The molecule has 3 amide bonds. The van der Waals surface area contributed by atoms with Crippen LogP contribution in [0.25, 0.3) is 0 Å². The van der Waals surface area contributed by atoms with E-state index < -0.39 is 13.7 Å². The fraction of sp³-hybridized carbons (Fsp3) is 0.271. The normalized spacial score (nSPS) is 19.3. The van der Waals surface area contributed by atoms with Crippen molar-refractivity contribution in [1.82, 2.24) is 15.0 Å². The van der Waals surface area contributed by atoms with E-state index in [2.05, 4.69) is 53.1 Å². The maximum atomic E-state index is 15.6. The second-order valence-corrected chi connectivity index (χ2v) is 21.6. The lowest BCUT2D eigenvalue weighted by atomic mass is 9.82. The molecule has 15 heteroatoms. The number of fused-ring (bicyclic) bond motifs is 2. The van der Waals surface area contributed by atoms with E-state index in [1.807, 2.05) is 48.7 Å². The Hall–Kier alpha value is -6.81. The number of nitrogens with zero attached hydrogens (tertiary/aromatic N) is 4. The van der Waals surface area contributed by atoms with Crippen molar-refractivity contribution in [3.05, 3.63) is 149 Å². The third kappa shape index (κ3) is 8.42. The van der Waals surface area contributed by atoms with Crippen LogP contribution in [0.4, 0.5) is 28.4 Å². The van der Waals surface area contributed by atoms with E-state index >= 15 is 4.79 Å². The average Bonchev–Trinajstić information content (AvgIpc) is 3.93. The first-order valence-electron chi connectivity index (χ1n) is 21.0. The van der Waals surface area contributed by atoms with Gasteiger partial charge in [-0.15, -0.1) is 5.10 Å². The van der Waals surface area contributed by atoms with Gasteiger partial charge in [0.05, 0.1) is 39.2 Å². The highest BCUT2D eigenvalue weighted by Gasteiger charge is 2.66. The third-order valence-electron chi connectivity index (χ3n) is 12.6. The quantitative estimate of drug-likeness (QED) is 0.0608. The summed E-state index contributed by atoms with van der Waals surface area (Å²) in [7, 11) is -0.846. The zero-order valence-corrected chi connectivity index (χ0v) is 36.7. The van der Waals surface area contributed by atoms with E-state index in [4.69, 9.17) is 20.9 Å². The van der Waals surface area contributed by atoms with Gasteiger partial charge in [0.2, 0.25) is 0 Å². The first-order valence-corrected chi connectivity index (χ1v) is 24.1. The number of carbonyl (C=O) groups excluding carboxylic acids is 3. The highest BCUT2D eigenvalue weighted by atomic mass is 28.3. The van der Waals surface area contributed by atoms with Gasteiger partial charge in [-0.05, 0) is 109 Å². The summed E-state index contributed by atoms with van der Waals surface area (Å²) in [6, 6.07) is 34.6. The Morgan fingerprint density at radius 2 is 1.51 bits per heavy atom. The van der Waals surface area contributed by atoms with Gasteiger partial charge in [-0.25, -0.2) is 0 Å². The number of nitrogens with one attached hydrogen (secondary N) is 2. The number of amides is 3. The first-order chi connectivity index (χ1) is 30.3. The second-order valence-electron chi connectivity index (χ2n) is 16.9. The number of hydrogen-bond donors (Lipinski definition) is 5. The molecule has 14 nitrogen and oxygen atoms in total.